The summed E-state index contributed by atoms with van der Waals surface area (Å²) in [5.41, 5.74) is 0. The predicted molar refractivity (Wildman–Crippen MR) is 71.5 cm³/mol. The van der Waals surface area contributed by atoms with Crippen LogP contribution in [0.2, 0.25) is 0 Å². The van der Waals surface area contributed by atoms with Gasteiger partial charge in [-0.05, 0) is 18.8 Å². The molecule has 5 nitrogen and oxygen atoms in total. The van der Waals surface area contributed by atoms with Crippen LogP contribution in [-0.2, 0) is 4.79 Å². The number of aliphatic carboxylic acids is 1. The predicted octanol–water partition coefficient (Wildman–Crippen LogP) is 2.36. The molecule has 0 fully saturated rings. The molecule has 0 aliphatic heterocycles. The summed E-state index contributed by atoms with van der Waals surface area (Å²) in [7, 11) is 0. The molecule has 0 aromatic carbocycles. The monoisotopic (exact) mass is 258 g/mol. The summed E-state index contributed by atoms with van der Waals surface area (Å²) in [6, 6.07) is -1.11. The number of urea groups is 1. The summed E-state index contributed by atoms with van der Waals surface area (Å²) < 4.78 is 0. The fraction of sp³-hybridized carbons (Fsp3) is 0.846. The van der Waals surface area contributed by atoms with Gasteiger partial charge in [-0.2, -0.15) is 0 Å². The van der Waals surface area contributed by atoms with E-state index in [9.17, 15) is 9.59 Å². The lowest BCUT2D eigenvalue weighted by Gasteiger charge is -2.22. The first-order valence-electron chi connectivity index (χ1n) is 6.72. The lowest BCUT2D eigenvalue weighted by Crippen LogP contribution is -2.50. The zero-order chi connectivity index (χ0) is 14.1. The van der Waals surface area contributed by atoms with E-state index in [4.69, 9.17) is 5.11 Å². The molecule has 5 heteroatoms. The second-order valence-electron chi connectivity index (χ2n) is 4.91. The van der Waals surface area contributed by atoms with Gasteiger partial charge in [0, 0.05) is 6.04 Å². The van der Waals surface area contributed by atoms with Crippen LogP contribution >= 0.6 is 0 Å². The van der Waals surface area contributed by atoms with E-state index in [1.165, 1.54) is 0 Å². The van der Waals surface area contributed by atoms with Crippen molar-refractivity contribution < 1.29 is 14.7 Å². The van der Waals surface area contributed by atoms with Crippen LogP contribution in [0.5, 0.6) is 0 Å². The van der Waals surface area contributed by atoms with Gasteiger partial charge in [0.25, 0.3) is 0 Å². The minimum absolute atomic E-state index is 0.0746. The van der Waals surface area contributed by atoms with Crippen LogP contribution in [0, 0.1) is 5.92 Å². The topological polar surface area (TPSA) is 78.4 Å². The van der Waals surface area contributed by atoms with Crippen LogP contribution in [0.1, 0.15) is 53.4 Å². The first-order valence-corrected chi connectivity index (χ1v) is 6.72. The standard InChI is InChI=1S/C13H26N2O3/c1-5-7-8-11(12(16)17)15-13(18)14-10(6-2)9(3)4/h9-11H,5-8H2,1-4H3,(H,16,17)(H2,14,15,18)/t10?,11-/m0/s1. The lowest BCUT2D eigenvalue weighted by atomic mass is 10.0. The third-order valence-electron chi connectivity index (χ3n) is 3.01. The second kappa shape index (κ2) is 8.78. The van der Waals surface area contributed by atoms with Crippen molar-refractivity contribution in [3.63, 3.8) is 0 Å². The summed E-state index contributed by atoms with van der Waals surface area (Å²) in [5, 5.41) is 14.3. The minimum atomic E-state index is -0.976. The highest BCUT2D eigenvalue weighted by molar-refractivity contribution is 5.82. The average Bonchev–Trinajstić information content (AvgIpc) is 2.30. The van der Waals surface area contributed by atoms with Crippen molar-refractivity contribution in [2.75, 3.05) is 0 Å². The molecule has 0 radical (unpaired) electrons. The molecule has 1 unspecified atom stereocenters. The Morgan fingerprint density at radius 1 is 1.17 bits per heavy atom. The van der Waals surface area contributed by atoms with Gasteiger partial charge in [0.2, 0.25) is 0 Å². The van der Waals surface area contributed by atoms with Crippen LogP contribution < -0.4 is 10.6 Å². The van der Waals surface area contributed by atoms with Crippen molar-refractivity contribution in [2.45, 2.75) is 65.5 Å². The molecule has 0 aliphatic carbocycles. The Hall–Kier alpha value is -1.26. The zero-order valence-electron chi connectivity index (χ0n) is 11.8. The molecule has 2 atom stereocenters. The van der Waals surface area contributed by atoms with Gasteiger partial charge < -0.3 is 15.7 Å². The normalized spacial score (nSPS) is 14.1. The third-order valence-corrected chi connectivity index (χ3v) is 3.01. The van der Waals surface area contributed by atoms with Crippen molar-refractivity contribution in [1.29, 1.82) is 0 Å². The Kier molecular flexibility index (Phi) is 8.16. The Balaban J connectivity index is 4.28. The fourth-order valence-electron chi connectivity index (χ4n) is 1.77. The maximum Gasteiger partial charge on any atom is 0.326 e. The Morgan fingerprint density at radius 2 is 1.78 bits per heavy atom. The molecule has 3 N–H and O–H groups in total. The molecule has 0 aliphatic rings. The minimum Gasteiger partial charge on any atom is -0.480 e. The smallest absolute Gasteiger partial charge is 0.326 e. The average molecular weight is 258 g/mol. The van der Waals surface area contributed by atoms with Crippen molar-refractivity contribution >= 4 is 12.0 Å². The molecule has 18 heavy (non-hydrogen) atoms. The summed E-state index contributed by atoms with van der Waals surface area (Å²) in [4.78, 5) is 22.7. The van der Waals surface area contributed by atoms with Gasteiger partial charge in [-0.15, -0.1) is 0 Å². The van der Waals surface area contributed by atoms with Crippen molar-refractivity contribution in [2.24, 2.45) is 5.92 Å². The molecule has 0 heterocycles. The first kappa shape index (κ1) is 16.7. The zero-order valence-corrected chi connectivity index (χ0v) is 11.8. The van der Waals surface area contributed by atoms with Gasteiger partial charge in [0.1, 0.15) is 6.04 Å². The largest absolute Gasteiger partial charge is 0.480 e. The number of unbranched alkanes of at least 4 members (excludes halogenated alkanes) is 1. The highest BCUT2D eigenvalue weighted by atomic mass is 16.4. The van der Waals surface area contributed by atoms with Crippen LogP contribution in [0.4, 0.5) is 4.79 Å². The number of nitrogens with one attached hydrogen (secondary N) is 2. The number of hydrogen-bond acceptors (Lipinski definition) is 2. The number of rotatable bonds is 8. The number of carbonyl (C=O) groups is 2. The van der Waals surface area contributed by atoms with Gasteiger partial charge in [-0.1, -0.05) is 40.5 Å². The molecule has 106 valence electrons. The maximum absolute atomic E-state index is 11.7. The van der Waals surface area contributed by atoms with Crippen LogP contribution in [-0.4, -0.2) is 29.2 Å². The van der Waals surface area contributed by atoms with E-state index in [2.05, 4.69) is 10.6 Å². The molecule has 0 bridgehead atoms. The number of carboxylic acid groups (broad SMARTS) is 1. The highest BCUT2D eigenvalue weighted by Crippen LogP contribution is 2.05. The highest BCUT2D eigenvalue weighted by Gasteiger charge is 2.21. The van der Waals surface area contributed by atoms with E-state index >= 15 is 0 Å². The Morgan fingerprint density at radius 3 is 2.17 bits per heavy atom. The summed E-state index contributed by atoms with van der Waals surface area (Å²) in [6.07, 6.45) is 3.00. The van der Waals surface area contributed by atoms with E-state index in [0.717, 1.165) is 19.3 Å². The molecule has 0 aromatic heterocycles. The fourth-order valence-corrected chi connectivity index (χ4v) is 1.77. The van der Waals surface area contributed by atoms with Crippen molar-refractivity contribution in [3.05, 3.63) is 0 Å². The van der Waals surface area contributed by atoms with E-state index in [1.807, 2.05) is 27.7 Å². The van der Waals surface area contributed by atoms with Crippen LogP contribution in [0.3, 0.4) is 0 Å². The quantitative estimate of drug-likeness (QED) is 0.625. The molecular formula is C13H26N2O3. The molecule has 0 spiro atoms. The molecule has 0 saturated carbocycles. The van der Waals surface area contributed by atoms with Gasteiger partial charge >= 0.3 is 12.0 Å². The number of hydrogen-bond donors (Lipinski definition) is 3. The van der Waals surface area contributed by atoms with E-state index in [0.29, 0.717) is 12.3 Å². The van der Waals surface area contributed by atoms with Crippen molar-refractivity contribution in [1.82, 2.24) is 10.6 Å². The maximum atomic E-state index is 11.7. The summed E-state index contributed by atoms with van der Waals surface area (Å²) in [6.45, 7) is 8.04. The summed E-state index contributed by atoms with van der Waals surface area (Å²) >= 11 is 0. The first-order chi connectivity index (χ1) is 8.42. The molecular weight excluding hydrogens is 232 g/mol. The van der Waals surface area contributed by atoms with Crippen LogP contribution in [0.25, 0.3) is 0 Å². The Labute approximate surface area is 109 Å². The van der Waals surface area contributed by atoms with Crippen LogP contribution in [0.15, 0.2) is 0 Å². The van der Waals surface area contributed by atoms with E-state index < -0.39 is 12.0 Å². The van der Waals surface area contributed by atoms with Gasteiger partial charge in [0.15, 0.2) is 0 Å². The SMILES string of the molecule is CCCC[C@H](NC(=O)NC(CC)C(C)C)C(=O)O. The molecule has 0 rings (SSSR count). The summed E-state index contributed by atoms with van der Waals surface area (Å²) in [5.74, 6) is -0.643. The van der Waals surface area contributed by atoms with E-state index in [1.54, 1.807) is 0 Å². The van der Waals surface area contributed by atoms with Gasteiger partial charge in [-0.3, -0.25) is 0 Å². The lowest BCUT2D eigenvalue weighted by molar-refractivity contribution is -0.139. The number of carboxylic acids is 1. The molecule has 2 amide bonds. The second-order valence-corrected chi connectivity index (χ2v) is 4.91. The molecule has 0 aromatic rings. The third kappa shape index (κ3) is 6.47. The number of carbonyl (C=O) groups excluding carboxylic acids is 1. The Bertz CT molecular complexity index is 267. The van der Waals surface area contributed by atoms with Gasteiger partial charge in [0.05, 0.1) is 0 Å². The van der Waals surface area contributed by atoms with E-state index in [-0.39, 0.29) is 12.1 Å². The van der Waals surface area contributed by atoms with Gasteiger partial charge in [-0.25, -0.2) is 9.59 Å². The molecule has 0 saturated heterocycles. The number of amides is 2. The van der Waals surface area contributed by atoms with Crippen molar-refractivity contribution in [3.8, 4) is 0 Å².